The van der Waals surface area contributed by atoms with Gasteiger partial charge in [-0.25, -0.2) is 9.18 Å². The number of imidazole rings is 1. The van der Waals surface area contributed by atoms with Crippen LogP contribution in [0.15, 0.2) is 47.3 Å². The summed E-state index contributed by atoms with van der Waals surface area (Å²) in [5.41, 5.74) is 2.40. The summed E-state index contributed by atoms with van der Waals surface area (Å²) in [6.45, 7) is 1.91. The second-order valence-corrected chi connectivity index (χ2v) is 6.67. The average molecular weight is 339 g/mol. The Hall–Kier alpha value is -2.89. The van der Waals surface area contributed by atoms with Gasteiger partial charge in [0.05, 0.1) is 22.5 Å². The maximum Gasteiger partial charge on any atom is 0.323 e. The Kier molecular flexibility index (Phi) is 3.49. The third kappa shape index (κ3) is 2.73. The number of aromatic nitrogens is 2. The van der Waals surface area contributed by atoms with Gasteiger partial charge in [-0.2, -0.15) is 0 Å². The Labute approximate surface area is 143 Å². The Bertz CT molecular complexity index is 999. The minimum Gasteiger partial charge on any atom is -0.349 e. The van der Waals surface area contributed by atoms with Crippen LogP contribution in [0, 0.1) is 5.82 Å². The normalized spacial score (nSPS) is 16.6. The third-order valence-corrected chi connectivity index (χ3v) is 4.97. The van der Waals surface area contributed by atoms with E-state index >= 15 is 0 Å². The molecular weight excluding hydrogens is 321 g/mol. The number of amides is 1. The number of halogens is 1. The van der Waals surface area contributed by atoms with Crippen LogP contribution in [0.3, 0.4) is 0 Å². The summed E-state index contributed by atoms with van der Waals surface area (Å²) in [5, 5.41) is 3.05. The molecule has 25 heavy (non-hydrogen) atoms. The number of H-pyrrole nitrogens is 2. The number of carbonyl (C=O) groups is 1. The number of benzene rings is 2. The summed E-state index contributed by atoms with van der Waals surface area (Å²) < 4.78 is 13.1. The Morgan fingerprint density at radius 2 is 1.80 bits per heavy atom. The van der Waals surface area contributed by atoms with Gasteiger partial charge in [-0.15, -0.1) is 0 Å². The summed E-state index contributed by atoms with van der Waals surface area (Å²) in [6, 6.07) is 11.5. The molecule has 3 aromatic rings. The largest absolute Gasteiger partial charge is 0.349 e. The summed E-state index contributed by atoms with van der Waals surface area (Å²) >= 11 is 0. The lowest BCUT2D eigenvalue weighted by Crippen LogP contribution is -2.36. The summed E-state index contributed by atoms with van der Waals surface area (Å²) in [6.07, 6.45) is 1.53. The van der Waals surface area contributed by atoms with Crippen LogP contribution in [0.4, 0.5) is 4.39 Å². The molecule has 1 atom stereocenters. The molecule has 1 heterocycles. The van der Waals surface area contributed by atoms with Crippen LogP contribution in [0.1, 0.15) is 36.9 Å². The molecule has 1 aliphatic carbocycles. The summed E-state index contributed by atoms with van der Waals surface area (Å²) in [4.78, 5) is 29.6. The van der Waals surface area contributed by atoms with Crippen molar-refractivity contribution in [2.75, 3.05) is 0 Å². The Morgan fingerprint density at radius 1 is 1.12 bits per heavy atom. The second kappa shape index (κ2) is 5.58. The standard InChI is InChI=1S/C19H18FN3O2/c1-11(12-2-7-15-16(10-12)23-18(25)22-15)21-17(24)19(8-9-19)13-3-5-14(20)6-4-13/h2-7,10-11H,8-9H2,1H3,(H,21,24)(H2,22,23,25)/t11-/m1/s1. The first kappa shape index (κ1) is 15.6. The maximum absolute atomic E-state index is 13.1. The number of carbonyl (C=O) groups excluding carboxylic acids is 1. The number of rotatable bonds is 4. The minimum absolute atomic E-state index is 0.0470. The van der Waals surface area contributed by atoms with Crippen LogP contribution < -0.4 is 11.0 Å². The predicted octanol–water partition coefficient (Wildman–Crippen LogP) is 2.90. The molecule has 1 saturated carbocycles. The zero-order valence-electron chi connectivity index (χ0n) is 13.7. The molecule has 128 valence electrons. The molecule has 0 bridgehead atoms. The van der Waals surface area contributed by atoms with Gasteiger partial charge in [0.2, 0.25) is 5.91 Å². The fourth-order valence-corrected chi connectivity index (χ4v) is 3.28. The zero-order chi connectivity index (χ0) is 17.6. The van der Waals surface area contributed by atoms with Gasteiger partial charge in [-0.1, -0.05) is 18.2 Å². The highest BCUT2D eigenvalue weighted by Gasteiger charge is 2.51. The van der Waals surface area contributed by atoms with Gasteiger partial charge in [0.15, 0.2) is 0 Å². The van der Waals surface area contributed by atoms with Crippen molar-refractivity contribution in [3.63, 3.8) is 0 Å². The quantitative estimate of drug-likeness (QED) is 0.683. The van der Waals surface area contributed by atoms with E-state index in [4.69, 9.17) is 0 Å². The van der Waals surface area contributed by atoms with Crippen LogP contribution in [-0.4, -0.2) is 15.9 Å². The van der Waals surface area contributed by atoms with Crippen LogP contribution in [0.5, 0.6) is 0 Å². The summed E-state index contributed by atoms with van der Waals surface area (Å²) in [5.74, 6) is -0.351. The highest BCUT2D eigenvalue weighted by Crippen LogP contribution is 2.48. The van der Waals surface area contributed by atoms with Gasteiger partial charge < -0.3 is 15.3 Å². The lowest BCUT2D eigenvalue weighted by atomic mass is 9.94. The van der Waals surface area contributed by atoms with Crippen molar-refractivity contribution in [1.29, 1.82) is 0 Å². The van der Waals surface area contributed by atoms with E-state index in [0.717, 1.165) is 29.5 Å². The number of hydrogen-bond donors (Lipinski definition) is 3. The van der Waals surface area contributed by atoms with Gasteiger partial charge in [0.1, 0.15) is 5.82 Å². The highest BCUT2D eigenvalue weighted by molar-refractivity contribution is 5.91. The molecule has 2 aromatic carbocycles. The zero-order valence-corrected chi connectivity index (χ0v) is 13.7. The van der Waals surface area contributed by atoms with Crippen molar-refractivity contribution >= 4 is 16.9 Å². The molecule has 0 aliphatic heterocycles. The molecule has 0 spiro atoms. The van der Waals surface area contributed by atoms with E-state index in [-0.39, 0.29) is 23.5 Å². The molecule has 3 N–H and O–H groups in total. The van der Waals surface area contributed by atoms with E-state index in [0.29, 0.717) is 5.52 Å². The lowest BCUT2D eigenvalue weighted by molar-refractivity contribution is -0.124. The van der Waals surface area contributed by atoms with Gasteiger partial charge >= 0.3 is 5.69 Å². The first-order valence-electron chi connectivity index (χ1n) is 8.27. The van der Waals surface area contributed by atoms with Gasteiger partial charge in [0, 0.05) is 0 Å². The van der Waals surface area contributed by atoms with Gasteiger partial charge in [-0.3, -0.25) is 4.79 Å². The number of hydrogen-bond acceptors (Lipinski definition) is 2. The molecule has 4 rings (SSSR count). The van der Waals surface area contributed by atoms with E-state index in [1.807, 2.05) is 25.1 Å². The Balaban J connectivity index is 1.55. The second-order valence-electron chi connectivity index (χ2n) is 6.67. The topological polar surface area (TPSA) is 77.8 Å². The fraction of sp³-hybridized carbons (Fsp3) is 0.263. The third-order valence-electron chi connectivity index (χ3n) is 4.97. The van der Waals surface area contributed by atoms with Gasteiger partial charge in [0.25, 0.3) is 0 Å². The van der Waals surface area contributed by atoms with Crippen LogP contribution in [0.2, 0.25) is 0 Å². The van der Waals surface area contributed by atoms with Crippen LogP contribution in [-0.2, 0) is 10.2 Å². The predicted molar refractivity (Wildman–Crippen MR) is 92.8 cm³/mol. The smallest absolute Gasteiger partial charge is 0.323 e. The number of aromatic amines is 2. The lowest BCUT2D eigenvalue weighted by Gasteiger charge is -2.20. The van der Waals surface area contributed by atoms with E-state index in [2.05, 4.69) is 15.3 Å². The SMILES string of the molecule is C[C@@H](NC(=O)C1(c2ccc(F)cc2)CC1)c1ccc2[nH]c(=O)[nH]c2c1. The van der Waals surface area contributed by atoms with Crippen molar-refractivity contribution in [2.45, 2.75) is 31.2 Å². The molecule has 0 saturated heterocycles. The number of nitrogens with one attached hydrogen (secondary N) is 3. The van der Waals surface area contributed by atoms with E-state index in [1.165, 1.54) is 12.1 Å². The van der Waals surface area contributed by atoms with E-state index in [1.54, 1.807) is 12.1 Å². The molecule has 1 aliphatic rings. The first-order valence-corrected chi connectivity index (χ1v) is 8.27. The van der Waals surface area contributed by atoms with E-state index < -0.39 is 5.41 Å². The fourth-order valence-electron chi connectivity index (χ4n) is 3.28. The van der Waals surface area contributed by atoms with E-state index in [9.17, 15) is 14.0 Å². The number of fused-ring (bicyclic) bond motifs is 1. The van der Waals surface area contributed by atoms with Crippen molar-refractivity contribution in [1.82, 2.24) is 15.3 Å². The molecule has 1 aromatic heterocycles. The van der Waals surface area contributed by atoms with Crippen molar-refractivity contribution in [3.8, 4) is 0 Å². The van der Waals surface area contributed by atoms with Crippen molar-refractivity contribution < 1.29 is 9.18 Å². The maximum atomic E-state index is 13.1. The minimum atomic E-state index is -0.547. The first-order chi connectivity index (χ1) is 12.0. The molecular formula is C19H18FN3O2. The van der Waals surface area contributed by atoms with Crippen molar-refractivity contribution in [2.24, 2.45) is 0 Å². The van der Waals surface area contributed by atoms with Crippen LogP contribution in [0.25, 0.3) is 11.0 Å². The van der Waals surface area contributed by atoms with Gasteiger partial charge in [-0.05, 0) is 55.2 Å². The molecule has 6 heteroatoms. The van der Waals surface area contributed by atoms with Crippen molar-refractivity contribution in [3.05, 3.63) is 69.9 Å². The molecule has 0 radical (unpaired) electrons. The Morgan fingerprint density at radius 3 is 2.48 bits per heavy atom. The molecule has 1 fully saturated rings. The molecule has 0 unspecified atom stereocenters. The molecule has 5 nitrogen and oxygen atoms in total. The monoisotopic (exact) mass is 339 g/mol. The highest BCUT2D eigenvalue weighted by atomic mass is 19.1. The van der Waals surface area contributed by atoms with Crippen LogP contribution >= 0.6 is 0 Å². The average Bonchev–Trinajstić information content (AvgIpc) is 3.31. The molecule has 1 amide bonds. The summed E-state index contributed by atoms with van der Waals surface area (Å²) in [7, 11) is 0.